The van der Waals surface area contributed by atoms with Crippen molar-refractivity contribution in [2.45, 2.75) is 76.8 Å². The molecule has 2 heterocycles. The highest BCUT2D eigenvalue weighted by Gasteiger charge is 2.27. The van der Waals surface area contributed by atoms with Gasteiger partial charge in [0.05, 0.1) is 0 Å². The van der Waals surface area contributed by atoms with Crippen LogP contribution in [-0.2, 0) is 13.0 Å². The molecule has 0 radical (unpaired) electrons. The van der Waals surface area contributed by atoms with E-state index in [1.807, 2.05) is 11.2 Å². The van der Waals surface area contributed by atoms with Crippen molar-refractivity contribution >= 4 is 6.03 Å². The van der Waals surface area contributed by atoms with Crippen LogP contribution in [0.5, 0.6) is 0 Å². The fourth-order valence-corrected chi connectivity index (χ4v) is 4.28. The lowest BCUT2D eigenvalue weighted by Gasteiger charge is -2.33. The summed E-state index contributed by atoms with van der Waals surface area (Å²) in [7, 11) is 0. The van der Waals surface area contributed by atoms with Crippen LogP contribution in [0.1, 0.15) is 63.6 Å². The molecule has 25 heavy (non-hydrogen) atoms. The molecule has 3 fully saturated rings. The molecular formula is C19H31N5O. The number of rotatable bonds is 5. The van der Waals surface area contributed by atoms with Gasteiger partial charge in [0.15, 0.2) is 0 Å². The standard InChI is InChI=1S/C19H31N5O/c25-19(21-17-4-2-1-3-5-17)23-10-8-15(9-11-23)12-18-22-20-14-24(18)13-16-6-7-16/h14-17H,1-13H2,(H,21,25). The van der Waals surface area contributed by atoms with Gasteiger partial charge in [0.2, 0.25) is 0 Å². The minimum atomic E-state index is 0.155. The SMILES string of the molecule is O=C(NC1CCCCC1)N1CCC(Cc2nncn2CC2CC2)CC1. The summed E-state index contributed by atoms with van der Waals surface area (Å²) in [6, 6.07) is 0.558. The first-order valence-electron chi connectivity index (χ1n) is 10.2. The van der Waals surface area contributed by atoms with Crippen LogP contribution >= 0.6 is 0 Å². The number of piperidine rings is 1. The maximum atomic E-state index is 12.5. The zero-order valence-electron chi connectivity index (χ0n) is 15.2. The van der Waals surface area contributed by atoms with E-state index in [4.69, 9.17) is 0 Å². The number of amides is 2. The van der Waals surface area contributed by atoms with E-state index in [0.29, 0.717) is 12.0 Å². The summed E-state index contributed by atoms with van der Waals surface area (Å²) in [5.41, 5.74) is 0. The van der Waals surface area contributed by atoms with Crippen LogP contribution in [0.3, 0.4) is 0 Å². The number of nitrogens with zero attached hydrogens (tertiary/aromatic N) is 4. The van der Waals surface area contributed by atoms with E-state index < -0.39 is 0 Å². The molecule has 0 bridgehead atoms. The normalized spacial score (nSPS) is 23.0. The molecule has 0 spiro atoms. The molecule has 1 aliphatic heterocycles. The predicted molar refractivity (Wildman–Crippen MR) is 96.2 cm³/mol. The van der Waals surface area contributed by atoms with Crippen LogP contribution in [0.4, 0.5) is 4.79 Å². The lowest BCUT2D eigenvalue weighted by molar-refractivity contribution is 0.163. The number of carbonyl (C=O) groups excluding carboxylic acids is 1. The lowest BCUT2D eigenvalue weighted by atomic mass is 9.93. The first kappa shape index (κ1) is 16.9. The molecule has 0 aromatic carbocycles. The van der Waals surface area contributed by atoms with Crippen molar-refractivity contribution in [3.63, 3.8) is 0 Å². The molecular weight excluding hydrogens is 314 g/mol. The van der Waals surface area contributed by atoms with Crippen molar-refractivity contribution in [3.05, 3.63) is 12.2 Å². The molecule has 138 valence electrons. The Hall–Kier alpha value is -1.59. The fourth-order valence-electron chi connectivity index (χ4n) is 4.28. The maximum Gasteiger partial charge on any atom is 0.317 e. The second kappa shape index (κ2) is 7.75. The summed E-state index contributed by atoms with van der Waals surface area (Å²) in [5, 5.41) is 11.7. The van der Waals surface area contributed by atoms with Gasteiger partial charge in [-0.3, -0.25) is 0 Å². The summed E-state index contributed by atoms with van der Waals surface area (Å²) < 4.78 is 2.25. The second-order valence-electron chi connectivity index (χ2n) is 8.26. The van der Waals surface area contributed by atoms with Gasteiger partial charge in [-0.05, 0) is 50.4 Å². The van der Waals surface area contributed by atoms with E-state index in [0.717, 1.165) is 63.5 Å². The van der Waals surface area contributed by atoms with Crippen LogP contribution in [0.2, 0.25) is 0 Å². The van der Waals surface area contributed by atoms with Gasteiger partial charge in [-0.1, -0.05) is 19.3 Å². The van der Waals surface area contributed by atoms with Crippen molar-refractivity contribution in [2.75, 3.05) is 13.1 Å². The van der Waals surface area contributed by atoms with Crippen LogP contribution in [0.25, 0.3) is 0 Å². The zero-order chi connectivity index (χ0) is 17.1. The van der Waals surface area contributed by atoms with E-state index in [9.17, 15) is 4.79 Å². The number of hydrogen-bond acceptors (Lipinski definition) is 3. The van der Waals surface area contributed by atoms with Gasteiger partial charge in [-0.25, -0.2) is 4.79 Å². The van der Waals surface area contributed by atoms with E-state index in [-0.39, 0.29) is 6.03 Å². The highest BCUT2D eigenvalue weighted by Crippen LogP contribution is 2.31. The third-order valence-electron chi connectivity index (χ3n) is 6.15. The molecule has 2 amide bonds. The minimum Gasteiger partial charge on any atom is -0.335 e. The summed E-state index contributed by atoms with van der Waals surface area (Å²) in [5.74, 6) is 2.61. The molecule has 3 aliphatic rings. The van der Waals surface area contributed by atoms with Crippen molar-refractivity contribution in [2.24, 2.45) is 11.8 Å². The topological polar surface area (TPSA) is 63.1 Å². The first-order valence-corrected chi connectivity index (χ1v) is 10.2. The van der Waals surface area contributed by atoms with Crippen LogP contribution in [-0.4, -0.2) is 44.8 Å². The molecule has 1 aromatic heterocycles. The Bertz CT molecular complexity index is 568. The highest BCUT2D eigenvalue weighted by atomic mass is 16.2. The van der Waals surface area contributed by atoms with Gasteiger partial charge in [0.1, 0.15) is 12.2 Å². The number of nitrogens with one attached hydrogen (secondary N) is 1. The smallest absolute Gasteiger partial charge is 0.317 e. The summed E-state index contributed by atoms with van der Waals surface area (Å²) in [6.45, 7) is 2.84. The highest BCUT2D eigenvalue weighted by molar-refractivity contribution is 5.74. The molecule has 1 N–H and O–H groups in total. The van der Waals surface area contributed by atoms with Crippen LogP contribution in [0, 0.1) is 11.8 Å². The van der Waals surface area contributed by atoms with Gasteiger partial charge in [0, 0.05) is 32.1 Å². The Kier molecular flexibility index (Phi) is 5.22. The van der Waals surface area contributed by atoms with Crippen molar-refractivity contribution in [1.29, 1.82) is 0 Å². The van der Waals surface area contributed by atoms with E-state index in [1.54, 1.807) is 0 Å². The monoisotopic (exact) mass is 345 g/mol. The quantitative estimate of drug-likeness (QED) is 0.892. The molecule has 1 aromatic rings. The Labute approximate surface area is 150 Å². The summed E-state index contributed by atoms with van der Waals surface area (Å²) >= 11 is 0. The molecule has 2 aliphatic carbocycles. The third-order valence-corrected chi connectivity index (χ3v) is 6.15. The number of hydrogen-bond donors (Lipinski definition) is 1. The average Bonchev–Trinajstić information content (AvgIpc) is 3.35. The Balaban J connectivity index is 1.22. The van der Waals surface area contributed by atoms with Gasteiger partial charge < -0.3 is 14.8 Å². The van der Waals surface area contributed by atoms with Gasteiger partial charge in [-0.2, -0.15) is 0 Å². The molecule has 0 unspecified atom stereocenters. The molecule has 6 nitrogen and oxygen atoms in total. The van der Waals surface area contributed by atoms with Gasteiger partial charge in [0.25, 0.3) is 0 Å². The molecule has 4 rings (SSSR count). The van der Waals surface area contributed by atoms with E-state index in [2.05, 4.69) is 20.1 Å². The predicted octanol–water partition coefficient (Wildman–Crippen LogP) is 2.98. The fraction of sp³-hybridized carbons (Fsp3) is 0.842. The molecule has 6 heteroatoms. The molecule has 1 saturated heterocycles. The second-order valence-corrected chi connectivity index (χ2v) is 8.26. The molecule has 0 atom stereocenters. The zero-order valence-corrected chi connectivity index (χ0v) is 15.2. The first-order chi connectivity index (χ1) is 12.3. The lowest BCUT2D eigenvalue weighted by Crippen LogP contribution is -2.48. The average molecular weight is 345 g/mol. The Morgan fingerprint density at radius 2 is 1.80 bits per heavy atom. The minimum absolute atomic E-state index is 0.155. The number of likely N-dealkylation sites (tertiary alicyclic amines) is 1. The number of aromatic nitrogens is 3. The third kappa shape index (κ3) is 4.53. The summed E-state index contributed by atoms with van der Waals surface area (Å²) in [6.07, 6.45) is 13.9. The number of carbonyl (C=O) groups is 1. The van der Waals surface area contributed by atoms with Crippen LogP contribution in [0.15, 0.2) is 6.33 Å². The van der Waals surface area contributed by atoms with Crippen LogP contribution < -0.4 is 5.32 Å². The van der Waals surface area contributed by atoms with Gasteiger partial charge in [-0.15, -0.1) is 10.2 Å². The Morgan fingerprint density at radius 1 is 1.04 bits per heavy atom. The maximum absolute atomic E-state index is 12.5. The largest absolute Gasteiger partial charge is 0.335 e. The van der Waals surface area contributed by atoms with Crippen molar-refractivity contribution < 1.29 is 4.79 Å². The van der Waals surface area contributed by atoms with E-state index >= 15 is 0 Å². The number of urea groups is 1. The molecule has 2 saturated carbocycles. The Morgan fingerprint density at radius 3 is 2.52 bits per heavy atom. The van der Waals surface area contributed by atoms with Crippen molar-refractivity contribution in [3.8, 4) is 0 Å². The van der Waals surface area contributed by atoms with Gasteiger partial charge >= 0.3 is 6.03 Å². The van der Waals surface area contributed by atoms with Crippen molar-refractivity contribution in [1.82, 2.24) is 25.0 Å². The van der Waals surface area contributed by atoms with E-state index in [1.165, 1.54) is 32.1 Å². The summed E-state index contributed by atoms with van der Waals surface area (Å²) in [4.78, 5) is 14.5.